The summed E-state index contributed by atoms with van der Waals surface area (Å²) in [5.74, 6) is 2.35. The number of methoxy groups -OCH3 is 1. The molecule has 0 amide bonds. The van der Waals surface area contributed by atoms with Crippen molar-refractivity contribution in [2.45, 2.75) is 70.9 Å². The first-order valence-electron chi connectivity index (χ1n) is 11.0. The van der Waals surface area contributed by atoms with Crippen molar-refractivity contribution in [2.75, 3.05) is 7.11 Å². The summed E-state index contributed by atoms with van der Waals surface area (Å²) < 4.78 is 13.2. The molecule has 2 heterocycles. The van der Waals surface area contributed by atoms with Crippen molar-refractivity contribution in [3.8, 4) is 11.5 Å². The number of rotatable bonds is 8. The topological polar surface area (TPSA) is 102 Å². The lowest BCUT2D eigenvalue weighted by molar-refractivity contribution is 0.200. The summed E-state index contributed by atoms with van der Waals surface area (Å²) in [7, 11) is 1.65. The van der Waals surface area contributed by atoms with Crippen LogP contribution in [0.25, 0.3) is 11.2 Å². The van der Waals surface area contributed by atoms with Crippen molar-refractivity contribution in [1.29, 1.82) is 0 Å². The third-order valence-corrected chi connectivity index (χ3v) is 5.87. The molecule has 0 radical (unpaired) electrons. The largest absolute Gasteiger partial charge is 0.493 e. The highest BCUT2D eigenvalue weighted by molar-refractivity contribution is 5.69. The predicted molar refractivity (Wildman–Crippen MR) is 119 cm³/mol. The molecule has 0 unspecified atom stereocenters. The van der Waals surface area contributed by atoms with E-state index in [2.05, 4.69) is 15.0 Å². The number of aromatic nitrogens is 4. The molecular formula is C23H30N4O4. The molecule has 1 aliphatic carbocycles. The van der Waals surface area contributed by atoms with Crippen molar-refractivity contribution in [1.82, 2.24) is 19.5 Å². The maximum absolute atomic E-state index is 12.4. The van der Waals surface area contributed by atoms with Gasteiger partial charge in [-0.1, -0.05) is 19.9 Å². The van der Waals surface area contributed by atoms with Crippen LogP contribution in [0, 0.1) is 0 Å². The van der Waals surface area contributed by atoms with E-state index in [1.807, 2.05) is 32.0 Å². The fourth-order valence-electron chi connectivity index (χ4n) is 4.14. The lowest BCUT2D eigenvalue weighted by Gasteiger charge is -2.17. The van der Waals surface area contributed by atoms with Gasteiger partial charge in [0.2, 0.25) is 0 Å². The Balaban J connectivity index is 1.51. The highest BCUT2D eigenvalue weighted by Gasteiger charge is 2.19. The quantitative estimate of drug-likeness (QED) is 0.574. The van der Waals surface area contributed by atoms with Crippen LogP contribution in [-0.4, -0.2) is 32.7 Å². The molecule has 0 atom stereocenters. The van der Waals surface area contributed by atoms with E-state index in [0.717, 1.165) is 42.7 Å². The molecule has 8 heteroatoms. The number of nitrogens with zero attached hydrogens (tertiary/aromatic N) is 2. The second-order valence-corrected chi connectivity index (χ2v) is 8.50. The van der Waals surface area contributed by atoms with Crippen LogP contribution in [0.1, 0.15) is 63.3 Å². The molecule has 3 aromatic rings. The van der Waals surface area contributed by atoms with Crippen LogP contribution in [-0.2, 0) is 13.0 Å². The third kappa shape index (κ3) is 4.52. The molecule has 0 saturated heterocycles. The van der Waals surface area contributed by atoms with Crippen LogP contribution in [0.5, 0.6) is 11.5 Å². The van der Waals surface area contributed by atoms with Gasteiger partial charge in [0.25, 0.3) is 5.56 Å². The van der Waals surface area contributed by atoms with Crippen LogP contribution in [0.15, 0.2) is 27.8 Å². The lowest BCUT2D eigenvalue weighted by Crippen LogP contribution is -2.30. The maximum Gasteiger partial charge on any atom is 0.330 e. The molecule has 0 spiro atoms. The van der Waals surface area contributed by atoms with Crippen LogP contribution >= 0.6 is 0 Å². The number of aryl methyl sites for hydroxylation is 2. The van der Waals surface area contributed by atoms with Crippen LogP contribution in [0.2, 0.25) is 0 Å². The summed E-state index contributed by atoms with van der Waals surface area (Å²) in [6.07, 6.45) is 6.33. The van der Waals surface area contributed by atoms with Gasteiger partial charge in [-0.2, -0.15) is 0 Å². The number of fused-ring (bicyclic) bond motifs is 1. The minimum Gasteiger partial charge on any atom is -0.493 e. The Bertz CT molecular complexity index is 1170. The molecule has 166 valence electrons. The molecule has 1 saturated carbocycles. The number of aromatic amines is 2. The molecule has 4 rings (SSSR count). The Hall–Kier alpha value is -3.03. The SMILES string of the molecule is COc1ccc(CCCn2c(=O)[nH]c(=O)c3[nH]c(C(C)C)nc32)cc1OC1CCCC1. The number of H-pyrrole nitrogens is 2. The molecule has 1 aliphatic rings. The van der Waals surface area contributed by atoms with Gasteiger partial charge in [0.1, 0.15) is 11.3 Å². The molecule has 2 aromatic heterocycles. The van der Waals surface area contributed by atoms with Crippen LogP contribution in [0.3, 0.4) is 0 Å². The van der Waals surface area contributed by atoms with Crippen molar-refractivity contribution >= 4 is 11.2 Å². The van der Waals surface area contributed by atoms with Gasteiger partial charge in [-0.15, -0.1) is 0 Å². The zero-order valence-corrected chi connectivity index (χ0v) is 18.4. The highest BCUT2D eigenvalue weighted by Crippen LogP contribution is 2.32. The summed E-state index contributed by atoms with van der Waals surface area (Å²) in [5, 5.41) is 0. The molecule has 2 N–H and O–H groups in total. The fourth-order valence-corrected chi connectivity index (χ4v) is 4.14. The Morgan fingerprint density at radius 2 is 1.94 bits per heavy atom. The fraction of sp³-hybridized carbons (Fsp3) is 0.522. The minimum atomic E-state index is -0.431. The molecule has 1 aromatic carbocycles. The first kappa shape index (κ1) is 21.2. The summed E-state index contributed by atoms with van der Waals surface area (Å²) in [4.78, 5) is 34.5. The van der Waals surface area contributed by atoms with E-state index in [1.165, 1.54) is 12.8 Å². The van der Waals surface area contributed by atoms with Gasteiger partial charge >= 0.3 is 5.69 Å². The van der Waals surface area contributed by atoms with Crippen molar-refractivity contribution in [2.24, 2.45) is 0 Å². The van der Waals surface area contributed by atoms with Gasteiger partial charge in [0.05, 0.1) is 13.2 Å². The zero-order chi connectivity index (χ0) is 22.0. The number of benzene rings is 1. The molecular weight excluding hydrogens is 396 g/mol. The average Bonchev–Trinajstić information content (AvgIpc) is 3.41. The van der Waals surface area contributed by atoms with Gasteiger partial charge in [0.15, 0.2) is 17.1 Å². The summed E-state index contributed by atoms with van der Waals surface area (Å²) in [6.45, 7) is 4.44. The van der Waals surface area contributed by atoms with Gasteiger partial charge in [0, 0.05) is 12.5 Å². The molecule has 1 fully saturated rings. The first-order valence-corrected chi connectivity index (χ1v) is 11.0. The Kier molecular flexibility index (Phi) is 6.15. The lowest BCUT2D eigenvalue weighted by atomic mass is 10.1. The van der Waals surface area contributed by atoms with E-state index in [0.29, 0.717) is 23.5 Å². The second-order valence-electron chi connectivity index (χ2n) is 8.50. The minimum absolute atomic E-state index is 0.132. The first-order chi connectivity index (χ1) is 15.0. The van der Waals surface area contributed by atoms with Gasteiger partial charge in [-0.25, -0.2) is 9.78 Å². The van der Waals surface area contributed by atoms with E-state index < -0.39 is 11.2 Å². The molecule has 8 nitrogen and oxygen atoms in total. The monoisotopic (exact) mass is 426 g/mol. The van der Waals surface area contributed by atoms with E-state index in [1.54, 1.807) is 11.7 Å². The molecule has 0 bridgehead atoms. The van der Waals surface area contributed by atoms with Gasteiger partial charge in [-0.3, -0.25) is 14.3 Å². The molecule has 0 aliphatic heterocycles. The average molecular weight is 427 g/mol. The second kappa shape index (κ2) is 8.99. The maximum atomic E-state index is 12.4. The number of ether oxygens (including phenoxy) is 2. The number of hydrogen-bond donors (Lipinski definition) is 2. The van der Waals surface area contributed by atoms with Crippen LogP contribution in [0.4, 0.5) is 0 Å². The Labute approximate surface area is 180 Å². The number of imidazole rings is 1. The van der Waals surface area contributed by atoms with Crippen LogP contribution < -0.4 is 20.7 Å². The van der Waals surface area contributed by atoms with Gasteiger partial charge < -0.3 is 14.5 Å². The summed E-state index contributed by atoms with van der Waals surface area (Å²) >= 11 is 0. The summed E-state index contributed by atoms with van der Waals surface area (Å²) in [5.41, 5.74) is 1.02. The van der Waals surface area contributed by atoms with E-state index >= 15 is 0 Å². The number of nitrogens with one attached hydrogen (secondary N) is 2. The van der Waals surface area contributed by atoms with Crippen molar-refractivity contribution in [3.63, 3.8) is 0 Å². The Morgan fingerprint density at radius 1 is 1.16 bits per heavy atom. The third-order valence-electron chi connectivity index (χ3n) is 5.87. The van der Waals surface area contributed by atoms with E-state index in [4.69, 9.17) is 9.47 Å². The number of hydrogen-bond acceptors (Lipinski definition) is 5. The van der Waals surface area contributed by atoms with E-state index in [9.17, 15) is 9.59 Å². The van der Waals surface area contributed by atoms with Crippen molar-refractivity contribution < 1.29 is 9.47 Å². The zero-order valence-electron chi connectivity index (χ0n) is 18.4. The predicted octanol–water partition coefficient (Wildman–Crippen LogP) is 3.50. The van der Waals surface area contributed by atoms with E-state index in [-0.39, 0.29) is 12.0 Å². The highest BCUT2D eigenvalue weighted by atomic mass is 16.5. The van der Waals surface area contributed by atoms with Crippen molar-refractivity contribution in [3.05, 3.63) is 50.4 Å². The van der Waals surface area contributed by atoms with Gasteiger partial charge in [-0.05, 0) is 56.2 Å². The smallest absolute Gasteiger partial charge is 0.330 e. The standard InChI is InChI=1S/C23H30N4O4/c1-14(2)20-24-19-21(25-20)27(23(29)26-22(19)28)12-6-7-15-10-11-17(30-3)18(13-15)31-16-8-4-5-9-16/h10-11,13-14,16H,4-9,12H2,1-3H3,(H,24,25)(H,26,28,29). The normalized spacial score (nSPS) is 14.6. The Morgan fingerprint density at radius 3 is 2.65 bits per heavy atom. The summed E-state index contributed by atoms with van der Waals surface area (Å²) in [6, 6.07) is 6.00. The molecule has 31 heavy (non-hydrogen) atoms.